The Labute approximate surface area is 170 Å². The van der Waals surface area contributed by atoms with Crippen molar-refractivity contribution in [1.29, 1.82) is 0 Å². The van der Waals surface area contributed by atoms with Gasteiger partial charge in [-0.25, -0.2) is 0 Å². The van der Waals surface area contributed by atoms with Gasteiger partial charge in [0.1, 0.15) is 0 Å². The number of nitrogens with one attached hydrogen (secondary N) is 3. The summed E-state index contributed by atoms with van der Waals surface area (Å²) in [6.07, 6.45) is 11.7. The first-order valence-electron chi connectivity index (χ1n) is 10.7. The molecule has 0 aromatic carbocycles. The average Bonchev–Trinajstić information content (AvgIpc) is 3.06. The molecule has 6 nitrogen and oxygen atoms in total. The van der Waals surface area contributed by atoms with Gasteiger partial charge in [-0.15, -0.1) is 12.4 Å². The van der Waals surface area contributed by atoms with Crippen LogP contribution in [0.5, 0.6) is 0 Å². The zero-order valence-electron chi connectivity index (χ0n) is 16.5. The number of piperidine rings is 1. The number of nitrogens with zero attached hydrogens (tertiary/aromatic N) is 1. The first-order chi connectivity index (χ1) is 12.7. The first kappa shape index (κ1) is 22.4. The van der Waals surface area contributed by atoms with Crippen LogP contribution in [-0.2, 0) is 9.59 Å². The van der Waals surface area contributed by atoms with Gasteiger partial charge in [0, 0.05) is 19.1 Å². The molecule has 0 bridgehead atoms. The molecule has 1 aliphatic carbocycles. The summed E-state index contributed by atoms with van der Waals surface area (Å²) < 4.78 is 0. The Morgan fingerprint density at radius 2 is 1.74 bits per heavy atom. The second kappa shape index (κ2) is 11.9. The van der Waals surface area contributed by atoms with E-state index in [1.807, 2.05) is 0 Å². The molecule has 2 amide bonds. The summed E-state index contributed by atoms with van der Waals surface area (Å²) in [7, 11) is 0. The molecule has 3 aliphatic rings. The van der Waals surface area contributed by atoms with Crippen molar-refractivity contribution in [2.45, 2.75) is 76.3 Å². The summed E-state index contributed by atoms with van der Waals surface area (Å²) in [6.45, 7) is 4.09. The zero-order chi connectivity index (χ0) is 18.2. The van der Waals surface area contributed by atoms with Crippen LogP contribution in [0.25, 0.3) is 0 Å². The Morgan fingerprint density at radius 1 is 0.963 bits per heavy atom. The van der Waals surface area contributed by atoms with Gasteiger partial charge in [-0.05, 0) is 57.5 Å². The lowest BCUT2D eigenvalue weighted by Gasteiger charge is -2.33. The van der Waals surface area contributed by atoms with Crippen LogP contribution >= 0.6 is 12.4 Å². The van der Waals surface area contributed by atoms with Crippen LogP contribution in [0.1, 0.15) is 64.2 Å². The second-order valence-electron chi connectivity index (χ2n) is 8.39. The average molecular weight is 401 g/mol. The Hall–Kier alpha value is -0.850. The number of hydrogen-bond acceptors (Lipinski definition) is 4. The molecule has 0 radical (unpaired) electrons. The summed E-state index contributed by atoms with van der Waals surface area (Å²) in [5.41, 5.74) is 0. The van der Waals surface area contributed by atoms with E-state index in [1.54, 1.807) is 0 Å². The third-order valence-corrected chi connectivity index (χ3v) is 6.13. The van der Waals surface area contributed by atoms with Crippen molar-refractivity contribution in [3.05, 3.63) is 0 Å². The van der Waals surface area contributed by atoms with Gasteiger partial charge in [0.05, 0.1) is 12.6 Å². The maximum Gasteiger partial charge on any atom is 0.237 e. The van der Waals surface area contributed by atoms with Gasteiger partial charge < -0.3 is 16.0 Å². The molecule has 1 saturated carbocycles. The maximum atomic E-state index is 12.4. The molecule has 0 aromatic heterocycles. The van der Waals surface area contributed by atoms with Crippen molar-refractivity contribution in [3.63, 3.8) is 0 Å². The van der Waals surface area contributed by atoms with Crippen molar-refractivity contribution in [1.82, 2.24) is 20.9 Å². The highest BCUT2D eigenvalue weighted by Gasteiger charge is 2.25. The molecule has 7 heteroatoms. The van der Waals surface area contributed by atoms with E-state index in [2.05, 4.69) is 20.9 Å². The Bertz CT molecular complexity index is 463. The molecular weight excluding hydrogens is 364 g/mol. The van der Waals surface area contributed by atoms with Crippen LogP contribution in [0.2, 0.25) is 0 Å². The number of likely N-dealkylation sites (tertiary alicyclic amines) is 1. The monoisotopic (exact) mass is 400 g/mol. The van der Waals surface area contributed by atoms with Crippen molar-refractivity contribution in [2.75, 3.05) is 32.7 Å². The fourth-order valence-corrected chi connectivity index (χ4v) is 4.64. The van der Waals surface area contributed by atoms with Crippen LogP contribution < -0.4 is 16.0 Å². The molecule has 2 atom stereocenters. The minimum atomic E-state index is 0. The van der Waals surface area contributed by atoms with E-state index < -0.39 is 0 Å². The summed E-state index contributed by atoms with van der Waals surface area (Å²) in [4.78, 5) is 26.8. The zero-order valence-corrected chi connectivity index (χ0v) is 17.3. The van der Waals surface area contributed by atoms with Gasteiger partial charge in [0.15, 0.2) is 0 Å². The Balaban J connectivity index is 0.00000261. The molecular formula is C20H37ClN4O2. The SMILES string of the molecule is Cl.O=C(CN1CCCC(CNC(=O)C2CCCN2)C1)NC1CCCCCC1. The minimum Gasteiger partial charge on any atom is -0.354 e. The number of hydrogen-bond donors (Lipinski definition) is 3. The third-order valence-electron chi connectivity index (χ3n) is 6.13. The van der Waals surface area contributed by atoms with Crippen molar-refractivity contribution in [3.8, 4) is 0 Å². The number of halogens is 1. The first-order valence-corrected chi connectivity index (χ1v) is 10.7. The lowest BCUT2D eigenvalue weighted by Crippen LogP contribution is -2.48. The van der Waals surface area contributed by atoms with Crippen LogP contribution in [0.15, 0.2) is 0 Å². The van der Waals surface area contributed by atoms with Crippen molar-refractivity contribution < 1.29 is 9.59 Å². The van der Waals surface area contributed by atoms with E-state index in [-0.39, 0.29) is 30.3 Å². The Morgan fingerprint density at radius 3 is 2.44 bits per heavy atom. The molecule has 156 valence electrons. The molecule has 2 unspecified atom stereocenters. The lowest BCUT2D eigenvalue weighted by atomic mass is 9.97. The molecule has 2 aliphatic heterocycles. The van der Waals surface area contributed by atoms with E-state index in [4.69, 9.17) is 0 Å². The summed E-state index contributed by atoms with van der Waals surface area (Å²) in [5, 5.41) is 9.61. The van der Waals surface area contributed by atoms with Crippen LogP contribution in [0.3, 0.4) is 0 Å². The lowest BCUT2D eigenvalue weighted by molar-refractivity contribution is -0.124. The number of carbonyl (C=O) groups is 2. The summed E-state index contributed by atoms with van der Waals surface area (Å²) >= 11 is 0. The second-order valence-corrected chi connectivity index (χ2v) is 8.39. The van der Waals surface area contributed by atoms with Crippen molar-refractivity contribution in [2.24, 2.45) is 5.92 Å². The number of carbonyl (C=O) groups excluding carboxylic acids is 2. The summed E-state index contributed by atoms with van der Waals surface area (Å²) in [6, 6.07) is 0.379. The summed E-state index contributed by atoms with van der Waals surface area (Å²) in [5.74, 6) is 0.780. The highest BCUT2D eigenvalue weighted by molar-refractivity contribution is 5.85. The van der Waals surface area contributed by atoms with E-state index >= 15 is 0 Å². The van der Waals surface area contributed by atoms with E-state index in [0.717, 1.165) is 64.7 Å². The minimum absolute atomic E-state index is 0. The third kappa shape index (κ3) is 7.59. The quantitative estimate of drug-likeness (QED) is 0.595. The largest absolute Gasteiger partial charge is 0.354 e. The Kier molecular flexibility index (Phi) is 9.87. The maximum absolute atomic E-state index is 12.4. The number of rotatable bonds is 6. The van der Waals surface area contributed by atoms with Gasteiger partial charge in [0.25, 0.3) is 0 Å². The van der Waals surface area contributed by atoms with Crippen LogP contribution in [0, 0.1) is 5.92 Å². The highest BCUT2D eigenvalue weighted by Crippen LogP contribution is 2.18. The van der Waals surface area contributed by atoms with E-state index in [0.29, 0.717) is 18.5 Å². The van der Waals surface area contributed by atoms with Gasteiger partial charge in [0.2, 0.25) is 11.8 Å². The smallest absolute Gasteiger partial charge is 0.237 e. The van der Waals surface area contributed by atoms with Crippen LogP contribution in [0.4, 0.5) is 0 Å². The van der Waals surface area contributed by atoms with E-state index in [1.165, 1.54) is 25.7 Å². The predicted octanol–water partition coefficient (Wildman–Crippen LogP) is 1.83. The standard InChI is InChI=1S/C20H36N4O2.ClH/c25-19(23-17-8-3-1-2-4-9-17)15-24-12-6-7-16(14-24)13-22-20(26)18-10-5-11-21-18;/h16-18,21H,1-15H2,(H,22,26)(H,23,25);1H. The molecule has 0 spiro atoms. The fourth-order valence-electron chi connectivity index (χ4n) is 4.64. The van der Waals surface area contributed by atoms with Gasteiger partial charge in [-0.3, -0.25) is 14.5 Å². The molecule has 3 rings (SSSR count). The fraction of sp³-hybridized carbons (Fsp3) is 0.900. The molecule has 3 N–H and O–H groups in total. The van der Waals surface area contributed by atoms with Crippen LogP contribution in [-0.4, -0.2) is 61.5 Å². The molecule has 2 heterocycles. The topological polar surface area (TPSA) is 73.5 Å². The van der Waals surface area contributed by atoms with Crippen molar-refractivity contribution >= 4 is 24.2 Å². The van der Waals surface area contributed by atoms with Gasteiger partial charge >= 0.3 is 0 Å². The molecule has 3 fully saturated rings. The van der Waals surface area contributed by atoms with E-state index in [9.17, 15) is 9.59 Å². The normalized spacial score (nSPS) is 27.4. The molecule has 2 saturated heterocycles. The highest BCUT2D eigenvalue weighted by atomic mass is 35.5. The molecule has 27 heavy (non-hydrogen) atoms. The van der Waals surface area contributed by atoms with Gasteiger partial charge in [-0.1, -0.05) is 25.7 Å². The van der Waals surface area contributed by atoms with Gasteiger partial charge in [-0.2, -0.15) is 0 Å². The number of amides is 2. The predicted molar refractivity (Wildman–Crippen MR) is 110 cm³/mol. The molecule has 0 aromatic rings.